The molecule has 0 aromatic heterocycles. The highest BCUT2D eigenvalue weighted by atomic mass is 16.5. The minimum Gasteiger partial charge on any atom is -0.469 e. The first kappa shape index (κ1) is 21.1. The molecule has 162 valence electrons. The summed E-state index contributed by atoms with van der Waals surface area (Å²) >= 11 is 0. The van der Waals surface area contributed by atoms with Gasteiger partial charge in [0.15, 0.2) is 5.78 Å². The van der Waals surface area contributed by atoms with Crippen molar-refractivity contribution in [2.45, 2.75) is 84.7 Å². The number of ether oxygens (including phenoxy) is 1. The molecule has 0 aromatic rings. The van der Waals surface area contributed by atoms with E-state index < -0.39 is 0 Å². The summed E-state index contributed by atoms with van der Waals surface area (Å²) in [6, 6.07) is 0. The maximum absolute atomic E-state index is 13.6. The number of carbonyl (C=O) groups excluding carboxylic acids is 2. The minimum atomic E-state index is -0.291. The third-order valence-corrected chi connectivity index (χ3v) is 9.69. The second-order valence-corrected chi connectivity index (χ2v) is 10.9. The molecule has 3 fully saturated rings. The number of hydrogen-bond acceptors (Lipinski definition) is 4. The van der Waals surface area contributed by atoms with E-state index in [-0.39, 0.29) is 22.9 Å². The SMILES string of the molecule is COC(=O)CC[C@H](C)[C@@H]1CC[C@@H]2[C@@H]3CC[C@@H]4C[C@H](O)CC[C@@]4(C)C3=CC(=O)[C@@]21C. The number of rotatable bonds is 4. The third-order valence-electron chi connectivity index (χ3n) is 9.69. The third kappa shape index (κ3) is 3.21. The van der Waals surface area contributed by atoms with Crippen LogP contribution >= 0.6 is 0 Å². The van der Waals surface area contributed by atoms with Crippen molar-refractivity contribution in [3.05, 3.63) is 11.6 Å². The highest BCUT2D eigenvalue weighted by molar-refractivity contribution is 5.97. The number of allylic oxidation sites excluding steroid dienone is 2. The van der Waals surface area contributed by atoms with E-state index in [1.54, 1.807) is 0 Å². The molecule has 8 atom stereocenters. The van der Waals surface area contributed by atoms with E-state index in [9.17, 15) is 14.7 Å². The van der Waals surface area contributed by atoms with E-state index in [0.29, 0.717) is 41.8 Å². The van der Waals surface area contributed by atoms with E-state index >= 15 is 0 Å². The van der Waals surface area contributed by atoms with Gasteiger partial charge in [-0.1, -0.05) is 26.3 Å². The number of ketones is 1. The number of hydrogen-bond donors (Lipinski definition) is 1. The molecule has 4 nitrogen and oxygen atoms in total. The van der Waals surface area contributed by atoms with Crippen LogP contribution in [0.2, 0.25) is 0 Å². The van der Waals surface area contributed by atoms with Gasteiger partial charge in [0.2, 0.25) is 0 Å². The zero-order valence-electron chi connectivity index (χ0n) is 18.6. The molecule has 0 aromatic carbocycles. The van der Waals surface area contributed by atoms with E-state index in [1.807, 2.05) is 0 Å². The summed E-state index contributed by atoms with van der Waals surface area (Å²) in [5.74, 6) is 2.34. The van der Waals surface area contributed by atoms with Gasteiger partial charge in [0.25, 0.3) is 0 Å². The lowest BCUT2D eigenvalue weighted by atomic mass is 9.48. The minimum absolute atomic E-state index is 0.0910. The van der Waals surface area contributed by atoms with Crippen LogP contribution in [-0.4, -0.2) is 30.1 Å². The van der Waals surface area contributed by atoms with Crippen molar-refractivity contribution in [3.8, 4) is 0 Å². The molecule has 0 saturated heterocycles. The van der Waals surface area contributed by atoms with Crippen LogP contribution in [0.25, 0.3) is 0 Å². The zero-order valence-corrected chi connectivity index (χ0v) is 18.6. The molecule has 0 bridgehead atoms. The normalized spacial score (nSPS) is 44.9. The van der Waals surface area contributed by atoms with Crippen LogP contribution in [0.5, 0.6) is 0 Å². The Balaban J connectivity index is 1.60. The van der Waals surface area contributed by atoms with Crippen molar-refractivity contribution in [1.29, 1.82) is 0 Å². The van der Waals surface area contributed by atoms with Crippen LogP contribution in [0.4, 0.5) is 0 Å². The fraction of sp³-hybridized carbons (Fsp3) is 0.840. The summed E-state index contributed by atoms with van der Waals surface area (Å²) in [5, 5.41) is 10.2. The molecule has 4 heteroatoms. The zero-order chi connectivity index (χ0) is 21.0. The van der Waals surface area contributed by atoms with Crippen molar-refractivity contribution in [2.75, 3.05) is 7.11 Å². The standard InChI is InChI=1S/C25H38O4/c1-15(5-10-23(28)29-4)19-8-9-20-18-7-6-16-13-17(26)11-12-24(16,2)21(18)14-22(27)25(19,20)3/h14-20,26H,5-13H2,1-4H3/t15-,16+,17+,18-,19-,20+,24+,25+/m0/s1. The molecule has 1 N–H and O–H groups in total. The first-order chi connectivity index (χ1) is 13.7. The van der Waals surface area contributed by atoms with E-state index in [1.165, 1.54) is 19.1 Å². The van der Waals surface area contributed by atoms with Crippen molar-refractivity contribution < 1.29 is 19.4 Å². The summed E-state index contributed by atoms with van der Waals surface area (Å²) in [4.78, 5) is 25.2. The summed E-state index contributed by atoms with van der Waals surface area (Å²) < 4.78 is 4.82. The van der Waals surface area contributed by atoms with Gasteiger partial charge < -0.3 is 9.84 Å². The molecule has 4 aliphatic rings. The van der Waals surface area contributed by atoms with Gasteiger partial charge in [-0.2, -0.15) is 0 Å². The second kappa shape index (κ2) is 7.51. The average Bonchev–Trinajstić information content (AvgIpc) is 3.06. The molecule has 29 heavy (non-hydrogen) atoms. The molecule has 3 saturated carbocycles. The number of fused-ring (bicyclic) bond motifs is 5. The van der Waals surface area contributed by atoms with Gasteiger partial charge in [0.05, 0.1) is 13.2 Å². The fourth-order valence-corrected chi connectivity index (χ4v) is 7.88. The molecule has 4 aliphatic carbocycles. The predicted molar refractivity (Wildman–Crippen MR) is 112 cm³/mol. The summed E-state index contributed by atoms with van der Waals surface area (Å²) in [6.07, 6.45) is 10.4. The number of esters is 1. The Morgan fingerprint density at radius 1 is 1.24 bits per heavy atom. The highest BCUT2D eigenvalue weighted by Gasteiger charge is 2.60. The van der Waals surface area contributed by atoms with E-state index in [2.05, 4.69) is 26.8 Å². The molecule has 0 spiro atoms. The van der Waals surface area contributed by atoms with Gasteiger partial charge in [0, 0.05) is 11.8 Å². The van der Waals surface area contributed by atoms with Gasteiger partial charge in [-0.3, -0.25) is 9.59 Å². The molecule has 0 radical (unpaired) electrons. The summed E-state index contributed by atoms with van der Waals surface area (Å²) in [5.41, 5.74) is 1.21. The maximum Gasteiger partial charge on any atom is 0.305 e. The Morgan fingerprint density at radius 3 is 2.72 bits per heavy atom. The van der Waals surface area contributed by atoms with E-state index in [4.69, 9.17) is 4.74 Å². The number of aliphatic hydroxyl groups excluding tert-OH is 1. The Kier molecular flexibility index (Phi) is 5.46. The Morgan fingerprint density at radius 2 is 2.00 bits per heavy atom. The van der Waals surface area contributed by atoms with Crippen molar-refractivity contribution in [3.63, 3.8) is 0 Å². The summed E-state index contributed by atoms with van der Waals surface area (Å²) in [7, 11) is 1.44. The average molecular weight is 403 g/mol. The van der Waals surface area contributed by atoms with Crippen LogP contribution in [0.3, 0.4) is 0 Å². The van der Waals surface area contributed by atoms with E-state index in [0.717, 1.165) is 44.9 Å². The maximum atomic E-state index is 13.6. The monoisotopic (exact) mass is 402 g/mol. The van der Waals surface area contributed by atoms with Crippen molar-refractivity contribution in [2.24, 2.45) is 40.4 Å². The van der Waals surface area contributed by atoms with Crippen LogP contribution in [0, 0.1) is 40.4 Å². The van der Waals surface area contributed by atoms with Gasteiger partial charge in [-0.05, 0) is 92.4 Å². The quantitative estimate of drug-likeness (QED) is 0.693. The molecule has 0 unspecified atom stereocenters. The highest BCUT2D eigenvalue weighted by Crippen LogP contribution is 2.65. The Hall–Kier alpha value is -1.16. The van der Waals surface area contributed by atoms with Crippen molar-refractivity contribution in [1.82, 2.24) is 0 Å². The lowest BCUT2D eigenvalue weighted by molar-refractivity contribution is -0.141. The first-order valence-electron chi connectivity index (χ1n) is 11.7. The van der Waals surface area contributed by atoms with Gasteiger partial charge in [-0.15, -0.1) is 0 Å². The molecule has 0 aliphatic heterocycles. The van der Waals surface area contributed by atoms with Crippen LogP contribution in [-0.2, 0) is 14.3 Å². The first-order valence-corrected chi connectivity index (χ1v) is 11.7. The molecule has 0 heterocycles. The Bertz CT molecular complexity index is 712. The molecule has 0 amide bonds. The van der Waals surface area contributed by atoms with Crippen LogP contribution in [0.1, 0.15) is 78.6 Å². The number of carbonyl (C=O) groups is 2. The van der Waals surface area contributed by atoms with Gasteiger partial charge in [0.1, 0.15) is 0 Å². The van der Waals surface area contributed by atoms with Gasteiger partial charge in [-0.25, -0.2) is 0 Å². The number of aliphatic hydroxyl groups is 1. The smallest absolute Gasteiger partial charge is 0.305 e. The number of methoxy groups -OCH3 is 1. The van der Waals surface area contributed by atoms with Crippen LogP contribution in [0.15, 0.2) is 11.6 Å². The molecule has 4 rings (SSSR count). The lowest BCUT2D eigenvalue weighted by Gasteiger charge is -2.56. The molecular formula is C25H38O4. The second-order valence-electron chi connectivity index (χ2n) is 10.9. The predicted octanol–water partition coefficient (Wildman–Crippen LogP) is 4.69. The fourth-order valence-electron chi connectivity index (χ4n) is 7.88. The Labute approximate surface area is 175 Å². The van der Waals surface area contributed by atoms with Crippen molar-refractivity contribution >= 4 is 11.8 Å². The lowest BCUT2D eigenvalue weighted by Crippen LogP contribution is -2.52. The van der Waals surface area contributed by atoms with Gasteiger partial charge >= 0.3 is 5.97 Å². The van der Waals surface area contributed by atoms with Crippen LogP contribution < -0.4 is 0 Å². The molecular weight excluding hydrogens is 364 g/mol. The largest absolute Gasteiger partial charge is 0.469 e. The topological polar surface area (TPSA) is 63.6 Å². The summed E-state index contributed by atoms with van der Waals surface area (Å²) in [6.45, 7) is 6.80.